The van der Waals surface area contributed by atoms with Crippen LogP contribution in [0.5, 0.6) is 0 Å². The van der Waals surface area contributed by atoms with Crippen LogP contribution in [0.15, 0.2) is 0 Å². The topological polar surface area (TPSA) is 153 Å². The Morgan fingerprint density at radius 2 is 1.13 bits per heavy atom. The number of rotatable bonds is 10. The Morgan fingerprint density at radius 1 is 0.673 bits per heavy atom. The number of carbonyl (C=O) groups is 5. The van der Waals surface area contributed by atoms with Crippen molar-refractivity contribution in [3.63, 3.8) is 0 Å². The summed E-state index contributed by atoms with van der Waals surface area (Å²) in [7, 11) is 0. The lowest BCUT2D eigenvalue weighted by atomic mass is 9.84. The third-order valence-electron chi connectivity index (χ3n) is 9.36. The summed E-state index contributed by atoms with van der Waals surface area (Å²) in [5, 5.41) is 0. The lowest BCUT2D eigenvalue weighted by Gasteiger charge is -2.54. The Kier molecular flexibility index (Phi) is 14.2. The van der Waals surface area contributed by atoms with Crippen molar-refractivity contribution in [2.75, 3.05) is 19.8 Å². The van der Waals surface area contributed by atoms with E-state index in [9.17, 15) is 24.0 Å². The number of hydrogen-bond donors (Lipinski definition) is 0. The molecule has 0 aromatic heterocycles. The standard InChI is InChI=1S/C39H65NO12/c1-22(2)25-20-24(41)19-23(15-16-27-46-17-18-47-27)40(25)31-30(52-35(45)39(12,13)14)29(51-34(44)38(9,10)11)28(50-33(43)37(6,7)8)26(49-31)21-48-32(42)36(3,4)5/h22-23,25-31H,15-21H2,1-14H3/t23-,25+,26+,28-,29-,30+,31+/m0/s1. The van der Waals surface area contributed by atoms with Crippen molar-refractivity contribution in [3.8, 4) is 0 Å². The van der Waals surface area contributed by atoms with Gasteiger partial charge in [0, 0.05) is 24.9 Å². The van der Waals surface area contributed by atoms with Gasteiger partial charge in [0.05, 0.1) is 34.9 Å². The van der Waals surface area contributed by atoms with Gasteiger partial charge in [-0.3, -0.25) is 28.9 Å². The van der Waals surface area contributed by atoms with Gasteiger partial charge >= 0.3 is 23.9 Å². The largest absolute Gasteiger partial charge is 0.462 e. The second kappa shape index (κ2) is 16.8. The number of piperidine rings is 1. The van der Waals surface area contributed by atoms with E-state index in [-0.39, 0.29) is 37.2 Å². The summed E-state index contributed by atoms with van der Waals surface area (Å²) in [4.78, 5) is 69.7. The molecule has 52 heavy (non-hydrogen) atoms. The molecule has 0 bridgehead atoms. The molecule has 0 saturated carbocycles. The summed E-state index contributed by atoms with van der Waals surface area (Å²) in [5.41, 5.74) is -3.82. The average Bonchev–Trinajstić information content (AvgIpc) is 3.52. The molecule has 0 radical (unpaired) electrons. The Bertz CT molecular complexity index is 1280. The van der Waals surface area contributed by atoms with Gasteiger partial charge < -0.3 is 33.2 Å². The maximum Gasteiger partial charge on any atom is 0.311 e. The molecule has 3 fully saturated rings. The van der Waals surface area contributed by atoms with Gasteiger partial charge in [0.15, 0.2) is 30.8 Å². The number of esters is 4. The van der Waals surface area contributed by atoms with Crippen LogP contribution in [0, 0.1) is 27.6 Å². The van der Waals surface area contributed by atoms with Crippen molar-refractivity contribution in [2.45, 2.75) is 172 Å². The van der Waals surface area contributed by atoms with Crippen LogP contribution in [0.25, 0.3) is 0 Å². The van der Waals surface area contributed by atoms with Crippen LogP contribution in [0.4, 0.5) is 0 Å². The molecule has 0 N–H and O–H groups in total. The second-order valence-corrected chi connectivity index (χ2v) is 18.9. The van der Waals surface area contributed by atoms with Gasteiger partial charge in [0.25, 0.3) is 0 Å². The highest BCUT2D eigenvalue weighted by molar-refractivity contribution is 5.81. The molecule has 13 heteroatoms. The third kappa shape index (κ3) is 11.4. The summed E-state index contributed by atoms with van der Waals surface area (Å²) in [6.45, 7) is 25.0. The van der Waals surface area contributed by atoms with Gasteiger partial charge in [-0.1, -0.05) is 13.8 Å². The number of likely N-dealkylation sites (tertiary alicyclic amines) is 1. The summed E-state index contributed by atoms with van der Waals surface area (Å²) in [6, 6.07) is -0.782. The average molecular weight is 740 g/mol. The molecule has 0 aromatic rings. The normalized spacial score (nSPS) is 28.4. The van der Waals surface area contributed by atoms with Crippen molar-refractivity contribution in [1.82, 2.24) is 4.90 Å². The van der Waals surface area contributed by atoms with Crippen molar-refractivity contribution < 1.29 is 57.1 Å². The molecule has 0 aliphatic carbocycles. The van der Waals surface area contributed by atoms with Crippen LogP contribution in [0.1, 0.15) is 123 Å². The highest BCUT2D eigenvalue weighted by Gasteiger charge is 2.58. The summed E-state index contributed by atoms with van der Waals surface area (Å²) < 4.78 is 42.9. The minimum atomic E-state index is -1.38. The van der Waals surface area contributed by atoms with Crippen LogP contribution < -0.4 is 0 Å². The predicted molar refractivity (Wildman–Crippen MR) is 190 cm³/mol. The minimum Gasteiger partial charge on any atom is -0.462 e. The van der Waals surface area contributed by atoms with E-state index < -0.39 is 88.5 Å². The number of carbonyl (C=O) groups excluding carboxylic acids is 5. The molecular formula is C39H65NO12. The smallest absolute Gasteiger partial charge is 0.311 e. The first kappa shape index (κ1) is 43.8. The van der Waals surface area contributed by atoms with E-state index in [1.165, 1.54) is 0 Å². The van der Waals surface area contributed by atoms with E-state index in [0.29, 0.717) is 26.1 Å². The van der Waals surface area contributed by atoms with Crippen LogP contribution in [-0.2, 0) is 57.1 Å². The maximum atomic E-state index is 13.8. The molecule has 298 valence electrons. The first-order valence-electron chi connectivity index (χ1n) is 18.7. The summed E-state index contributed by atoms with van der Waals surface area (Å²) in [6.07, 6.45) is -5.35. The van der Waals surface area contributed by atoms with E-state index in [2.05, 4.69) is 4.90 Å². The molecule has 13 nitrogen and oxygen atoms in total. The second-order valence-electron chi connectivity index (χ2n) is 18.9. The summed E-state index contributed by atoms with van der Waals surface area (Å²) >= 11 is 0. The molecule has 3 aliphatic heterocycles. The molecule has 0 aromatic carbocycles. The van der Waals surface area contributed by atoms with Gasteiger partial charge in [-0.15, -0.1) is 0 Å². The lowest BCUT2D eigenvalue weighted by molar-refractivity contribution is -0.295. The molecule has 3 rings (SSSR count). The fraction of sp³-hybridized carbons (Fsp3) is 0.872. The molecule has 0 amide bonds. The van der Waals surface area contributed by atoms with Crippen molar-refractivity contribution >= 4 is 29.7 Å². The monoisotopic (exact) mass is 739 g/mol. The molecular weight excluding hydrogens is 674 g/mol. The zero-order valence-electron chi connectivity index (χ0n) is 34.0. The van der Waals surface area contributed by atoms with Crippen LogP contribution in [-0.4, -0.2) is 103 Å². The maximum absolute atomic E-state index is 13.8. The predicted octanol–water partition coefficient (Wildman–Crippen LogP) is 5.39. The van der Waals surface area contributed by atoms with Crippen molar-refractivity contribution in [2.24, 2.45) is 27.6 Å². The van der Waals surface area contributed by atoms with Crippen molar-refractivity contribution in [3.05, 3.63) is 0 Å². The van der Waals surface area contributed by atoms with E-state index in [1.54, 1.807) is 83.1 Å². The Labute approximate surface area is 310 Å². The molecule has 3 aliphatic rings. The number of hydrogen-bond acceptors (Lipinski definition) is 13. The number of nitrogens with zero attached hydrogens (tertiary/aromatic N) is 1. The SMILES string of the molecule is CC(C)[C@H]1CC(=O)C[C@H](CCC2OCCO2)N1[C@@H]1O[C@H](COC(=O)C(C)(C)C)[C@H](OC(=O)C(C)(C)C)[C@H](OC(=O)C(C)(C)C)[C@H]1OC(=O)C(C)(C)C. The fourth-order valence-corrected chi connectivity index (χ4v) is 6.14. The van der Waals surface area contributed by atoms with E-state index in [0.717, 1.165) is 0 Å². The van der Waals surface area contributed by atoms with Gasteiger partial charge in [0.2, 0.25) is 0 Å². The van der Waals surface area contributed by atoms with E-state index in [1.807, 2.05) is 13.8 Å². The Balaban J connectivity index is 2.27. The number of ketones is 1. The Hall–Kier alpha value is -2.61. The molecule has 0 unspecified atom stereocenters. The van der Waals surface area contributed by atoms with E-state index >= 15 is 0 Å². The third-order valence-corrected chi connectivity index (χ3v) is 9.36. The van der Waals surface area contributed by atoms with Crippen LogP contribution in [0.3, 0.4) is 0 Å². The van der Waals surface area contributed by atoms with Gasteiger partial charge in [-0.2, -0.15) is 0 Å². The van der Waals surface area contributed by atoms with Crippen molar-refractivity contribution in [1.29, 1.82) is 0 Å². The first-order chi connectivity index (χ1) is 23.7. The quantitative estimate of drug-likeness (QED) is 0.208. The lowest BCUT2D eigenvalue weighted by Crippen LogP contribution is -2.70. The molecule has 0 spiro atoms. The zero-order chi connectivity index (χ0) is 39.6. The zero-order valence-corrected chi connectivity index (χ0v) is 34.0. The highest BCUT2D eigenvalue weighted by atomic mass is 16.7. The highest BCUT2D eigenvalue weighted by Crippen LogP contribution is 2.40. The molecule has 3 saturated heterocycles. The number of Topliss-reactive ketones (excluding diaryl/α,β-unsaturated/α-hetero) is 1. The van der Waals surface area contributed by atoms with E-state index in [4.69, 9.17) is 33.2 Å². The van der Waals surface area contributed by atoms with Gasteiger partial charge in [-0.05, 0) is 102 Å². The van der Waals surface area contributed by atoms with Gasteiger partial charge in [-0.25, -0.2) is 0 Å². The first-order valence-corrected chi connectivity index (χ1v) is 18.7. The van der Waals surface area contributed by atoms with Gasteiger partial charge in [0.1, 0.15) is 18.5 Å². The fourth-order valence-electron chi connectivity index (χ4n) is 6.14. The summed E-state index contributed by atoms with van der Waals surface area (Å²) in [5.74, 6) is -2.34. The van der Waals surface area contributed by atoms with Crippen LogP contribution >= 0.6 is 0 Å². The molecule has 3 heterocycles. The molecule has 7 atom stereocenters. The minimum absolute atomic E-state index is 0.0579. The number of ether oxygens (including phenoxy) is 7. The Morgan fingerprint density at radius 3 is 1.60 bits per heavy atom. The van der Waals surface area contributed by atoms with Crippen LogP contribution in [0.2, 0.25) is 0 Å².